The number of nitrogens with one attached hydrogen (secondary N) is 2. The van der Waals surface area contributed by atoms with Gasteiger partial charge < -0.3 is 10.6 Å². The van der Waals surface area contributed by atoms with Crippen LogP contribution in [-0.2, 0) is 17.6 Å². The van der Waals surface area contributed by atoms with Gasteiger partial charge in [-0.15, -0.1) is 0 Å². The van der Waals surface area contributed by atoms with Gasteiger partial charge in [0.15, 0.2) is 0 Å². The van der Waals surface area contributed by atoms with Crippen LogP contribution in [0, 0.1) is 11.3 Å². The number of aromatic nitrogens is 1. The molecule has 1 unspecified atom stereocenters. The lowest BCUT2D eigenvalue weighted by Crippen LogP contribution is -2.29. The Hall–Kier alpha value is -3.65. The van der Waals surface area contributed by atoms with Gasteiger partial charge in [-0.25, -0.2) is 0 Å². The third kappa shape index (κ3) is 4.59. The highest BCUT2D eigenvalue weighted by Gasteiger charge is 2.18. The molecule has 2 N–H and O–H groups in total. The highest BCUT2D eigenvalue weighted by Crippen LogP contribution is 2.26. The lowest BCUT2D eigenvalue weighted by molar-refractivity contribution is -0.117. The summed E-state index contributed by atoms with van der Waals surface area (Å²) >= 11 is 0. The normalized spacial score (nSPS) is 14.4. The van der Waals surface area contributed by atoms with Crippen molar-refractivity contribution < 1.29 is 4.79 Å². The van der Waals surface area contributed by atoms with Crippen molar-refractivity contribution >= 4 is 22.5 Å². The molecule has 4 rings (SSSR count). The van der Waals surface area contributed by atoms with Crippen LogP contribution in [0.1, 0.15) is 48.9 Å². The number of nitrogens with zero attached hydrogens (tertiary/aromatic N) is 2. The number of hydrogen-bond acceptors (Lipinski definition) is 4. The van der Waals surface area contributed by atoms with Crippen LogP contribution < -0.4 is 10.6 Å². The van der Waals surface area contributed by atoms with Crippen molar-refractivity contribution in [2.24, 2.45) is 0 Å². The lowest BCUT2D eigenvalue weighted by atomic mass is 9.88. The molecule has 156 valence electrons. The van der Waals surface area contributed by atoms with E-state index in [1.54, 1.807) is 6.20 Å². The van der Waals surface area contributed by atoms with E-state index >= 15 is 0 Å². The van der Waals surface area contributed by atoms with E-state index in [1.807, 2.05) is 43.3 Å². The first-order valence-electron chi connectivity index (χ1n) is 10.8. The van der Waals surface area contributed by atoms with E-state index in [0.717, 1.165) is 41.4 Å². The molecule has 2 aromatic carbocycles. The van der Waals surface area contributed by atoms with E-state index in [-0.39, 0.29) is 17.5 Å². The number of rotatable bonds is 6. The Kier molecular flexibility index (Phi) is 6.28. The maximum Gasteiger partial charge on any atom is 0.263 e. The molecule has 0 saturated heterocycles. The summed E-state index contributed by atoms with van der Waals surface area (Å²) in [5.41, 5.74) is 5.48. The molecule has 0 radical (unpaired) electrons. The van der Waals surface area contributed by atoms with Crippen LogP contribution >= 0.6 is 0 Å². The molecule has 3 aromatic rings. The summed E-state index contributed by atoms with van der Waals surface area (Å²) in [5.74, 6) is -0.382. The van der Waals surface area contributed by atoms with Crippen LogP contribution in [0.25, 0.3) is 10.9 Å². The predicted molar refractivity (Wildman–Crippen MR) is 123 cm³/mol. The summed E-state index contributed by atoms with van der Waals surface area (Å²) in [4.78, 5) is 17.2. The zero-order valence-corrected chi connectivity index (χ0v) is 17.7. The number of hydrogen-bond donors (Lipinski definition) is 2. The second kappa shape index (κ2) is 9.44. The summed E-state index contributed by atoms with van der Waals surface area (Å²) in [6.45, 7) is 2.04. The standard InChI is InChI=1S/C26H26N4O/c1-2-23(21-13-12-18-7-3-4-8-20(18)15-21)30-26(31)22(16-27)17-29-24-11-5-9-19-10-6-14-28-25(19)24/h5-6,9-15,17,23,29H,2-4,7-8H2,1H3,(H,30,31)/b22-17-. The first-order valence-corrected chi connectivity index (χ1v) is 10.8. The molecule has 0 aliphatic heterocycles. The van der Waals surface area contributed by atoms with Crippen molar-refractivity contribution in [2.75, 3.05) is 5.32 Å². The van der Waals surface area contributed by atoms with Gasteiger partial charge in [-0.2, -0.15) is 5.26 Å². The van der Waals surface area contributed by atoms with E-state index in [0.29, 0.717) is 0 Å². The summed E-state index contributed by atoms with van der Waals surface area (Å²) in [6, 6.07) is 18.0. The lowest BCUT2D eigenvalue weighted by Gasteiger charge is -2.21. The molecule has 1 atom stereocenters. The highest BCUT2D eigenvalue weighted by molar-refractivity contribution is 5.98. The smallest absolute Gasteiger partial charge is 0.263 e. The molecule has 0 saturated carbocycles. The number of fused-ring (bicyclic) bond motifs is 2. The van der Waals surface area contributed by atoms with Gasteiger partial charge in [0.25, 0.3) is 5.91 Å². The third-order valence-electron chi connectivity index (χ3n) is 5.86. The van der Waals surface area contributed by atoms with Gasteiger partial charge in [0.1, 0.15) is 11.6 Å². The zero-order valence-electron chi connectivity index (χ0n) is 17.7. The Morgan fingerprint density at radius 1 is 1.16 bits per heavy atom. The minimum Gasteiger partial charge on any atom is -0.358 e. The molecule has 5 heteroatoms. The van der Waals surface area contributed by atoms with Crippen molar-refractivity contribution in [2.45, 2.75) is 45.1 Å². The maximum atomic E-state index is 12.8. The van der Waals surface area contributed by atoms with Crippen molar-refractivity contribution in [1.29, 1.82) is 5.26 Å². The van der Waals surface area contributed by atoms with Crippen molar-refractivity contribution in [1.82, 2.24) is 10.3 Å². The van der Waals surface area contributed by atoms with Crippen molar-refractivity contribution in [3.8, 4) is 6.07 Å². The van der Waals surface area contributed by atoms with Gasteiger partial charge in [-0.05, 0) is 60.9 Å². The fourth-order valence-electron chi connectivity index (χ4n) is 4.15. The number of pyridine rings is 1. The molecule has 1 aliphatic carbocycles. The zero-order chi connectivity index (χ0) is 21.6. The summed E-state index contributed by atoms with van der Waals surface area (Å²) < 4.78 is 0. The Labute approximate surface area is 182 Å². The fourth-order valence-corrected chi connectivity index (χ4v) is 4.15. The molecule has 1 aromatic heterocycles. The van der Waals surface area contributed by atoms with Crippen LogP contribution in [0.3, 0.4) is 0 Å². The van der Waals surface area contributed by atoms with E-state index in [9.17, 15) is 10.1 Å². The monoisotopic (exact) mass is 410 g/mol. The number of carbonyl (C=O) groups is 1. The number of para-hydroxylation sites is 1. The molecule has 0 spiro atoms. The second-order valence-corrected chi connectivity index (χ2v) is 7.86. The third-order valence-corrected chi connectivity index (χ3v) is 5.86. The first-order chi connectivity index (χ1) is 15.2. The molecular weight excluding hydrogens is 384 g/mol. The Balaban J connectivity index is 1.50. The molecule has 1 amide bonds. The van der Waals surface area contributed by atoms with Crippen LogP contribution in [0.15, 0.2) is 66.5 Å². The highest BCUT2D eigenvalue weighted by atomic mass is 16.1. The predicted octanol–water partition coefficient (Wildman–Crippen LogP) is 5.20. The summed E-state index contributed by atoms with van der Waals surface area (Å²) in [7, 11) is 0. The molecule has 5 nitrogen and oxygen atoms in total. The molecule has 0 fully saturated rings. The SMILES string of the molecule is CCC(NC(=O)/C(C#N)=C\Nc1cccc2cccnc12)c1ccc2c(c1)CCCC2. The number of anilines is 1. The minimum absolute atomic E-state index is 0.0318. The van der Waals surface area contributed by atoms with Gasteiger partial charge in [-0.1, -0.05) is 43.3 Å². The summed E-state index contributed by atoms with van der Waals surface area (Å²) in [5, 5.41) is 16.7. The average Bonchev–Trinajstić information content (AvgIpc) is 2.82. The van der Waals surface area contributed by atoms with E-state index < -0.39 is 0 Å². The maximum absolute atomic E-state index is 12.8. The Bertz CT molecular complexity index is 1170. The Morgan fingerprint density at radius 3 is 2.77 bits per heavy atom. The number of nitriles is 1. The van der Waals surface area contributed by atoms with Gasteiger partial charge >= 0.3 is 0 Å². The van der Waals surface area contributed by atoms with Crippen LogP contribution in [-0.4, -0.2) is 10.9 Å². The molecule has 0 bridgehead atoms. The topological polar surface area (TPSA) is 77.8 Å². The molecule has 1 heterocycles. The second-order valence-electron chi connectivity index (χ2n) is 7.86. The summed E-state index contributed by atoms with van der Waals surface area (Å²) in [6.07, 6.45) is 8.63. The largest absolute Gasteiger partial charge is 0.358 e. The molecule has 31 heavy (non-hydrogen) atoms. The van der Waals surface area contributed by atoms with E-state index in [1.165, 1.54) is 30.2 Å². The van der Waals surface area contributed by atoms with Crippen LogP contribution in [0.4, 0.5) is 5.69 Å². The minimum atomic E-state index is -0.382. The van der Waals surface area contributed by atoms with Gasteiger partial charge in [-0.3, -0.25) is 9.78 Å². The molecule has 1 aliphatic rings. The van der Waals surface area contributed by atoms with E-state index in [2.05, 4.69) is 33.8 Å². The Morgan fingerprint density at radius 2 is 1.97 bits per heavy atom. The van der Waals surface area contributed by atoms with Crippen molar-refractivity contribution in [3.63, 3.8) is 0 Å². The van der Waals surface area contributed by atoms with Crippen LogP contribution in [0.5, 0.6) is 0 Å². The average molecular weight is 411 g/mol. The van der Waals surface area contributed by atoms with E-state index in [4.69, 9.17) is 0 Å². The number of amides is 1. The number of carbonyl (C=O) groups excluding carboxylic acids is 1. The molecular formula is C26H26N4O. The number of aryl methyl sites for hydroxylation is 2. The van der Waals surface area contributed by atoms with Gasteiger partial charge in [0.05, 0.1) is 17.2 Å². The van der Waals surface area contributed by atoms with Crippen LogP contribution in [0.2, 0.25) is 0 Å². The van der Waals surface area contributed by atoms with Gasteiger partial charge in [0.2, 0.25) is 0 Å². The fraction of sp³-hybridized carbons (Fsp3) is 0.269. The number of benzene rings is 2. The quantitative estimate of drug-likeness (QED) is 0.432. The van der Waals surface area contributed by atoms with Gasteiger partial charge in [0, 0.05) is 17.8 Å². The van der Waals surface area contributed by atoms with Crippen molar-refractivity contribution in [3.05, 3.63) is 83.2 Å². The first kappa shape index (κ1) is 20.6.